The number of ether oxygens (including phenoxy) is 1. The van der Waals surface area contributed by atoms with Crippen LogP contribution in [0.4, 0.5) is 14.9 Å². The minimum atomic E-state index is -0.466. The fraction of sp³-hybridized carbons (Fsp3) is 0.292. The number of hydrazone groups is 1. The second-order valence-electron chi connectivity index (χ2n) is 8.02. The van der Waals surface area contributed by atoms with Gasteiger partial charge in [-0.25, -0.2) is 19.2 Å². The highest BCUT2D eigenvalue weighted by atomic mass is 19.1. The second-order valence-corrected chi connectivity index (χ2v) is 8.02. The van der Waals surface area contributed by atoms with Crippen LogP contribution in [0.1, 0.15) is 17.8 Å². The number of nitrogens with zero attached hydrogens (tertiary/aromatic N) is 6. The first-order valence-electron chi connectivity index (χ1n) is 10.7. The normalized spacial score (nSPS) is 14.5. The monoisotopic (exact) mass is 450 g/mol. The average molecular weight is 451 g/mol. The van der Waals surface area contributed by atoms with Gasteiger partial charge in [0.15, 0.2) is 0 Å². The van der Waals surface area contributed by atoms with Crippen molar-refractivity contribution >= 4 is 17.9 Å². The standard InChI is InChI=1S/C24H27FN6O2/c1-28(2)17-23-26-11-14-29(23)19-7-10-22(21(25)15-19)30-12-4-13-31(24(30)32)27-16-18-5-8-20(33-3)9-6-18/h5-11,14-16H,4,12-13,17H2,1-3H3/b27-16+. The Morgan fingerprint density at radius 2 is 1.97 bits per heavy atom. The van der Waals surface area contributed by atoms with Crippen LogP contribution in [0.25, 0.3) is 5.69 Å². The van der Waals surface area contributed by atoms with Crippen molar-refractivity contribution in [2.24, 2.45) is 5.10 Å². The average Bonchev–Trinajstić information content (AvgIpc) is 3.26. The molecule has 0 atom stereocenters. The van der Waals surface area contributed by atoms with Gasteiger partial charge in [0.25, 0.3) is 0 Å². The van der Waals surface area contributed by atoms with Crippen LogP contribution in [-0.4, -0.2) is 66.0 Å². The highest BCUT2D eigenvalue weighted by Crippen LogP contribution is 2.26. The van der Waals surface area contributed by atoms with Gasteiger partial charge in [-0.2, -0.15) is 5.10 Å². The molecule has 2 aromatic carbocycles. The number of imidazole rings is 1. The molecule has 0 spiro atoms. The molecule has 0 radical (unpaired) electrons. The molecule has 0 bridgehead atoms. The van der Waals surface area contributed by atoms with Crippen LogP contribution in [0.2, 0.25) is 0 Å². The highest BCUT2D eigenvalue weighted by Gasteiger charge is 2.28. The maximum Gasteiger partial charge on any atom is 0.344 e. The molecule has 172 valence electrons. The summed E-state index contributed by atoms with van der Waals surface area (Å²) in [5.74, 6) is 1.09. The van der Waals surface area contributed by atoms with Crippen LogP contribution in [0.15, 0.2) is 60.0 Å². The summed E-state index contributed by atoms with van der Waals surface area (Å²) in [6.07, 6.45) is 5.79. The maximum atomic E-state index is 15.1. The van der Waals surface area contributed by atoms with Crippen molar-refractivity contribution in [3.8, 4) is 11.4 Å². The van der Waals surface area contributed by atoms with Gasteiger partial charge in [-0.05, 0) is 62.5 Å². The number of benzene rings is 2. The van der Waals surface area contributed by atoms with Crippen molar-refractivity contribution < 1.29 is 13.9 Å². The summed E-state index contributed by atoms with van der Waals surface area (Å²) in [7, 11) is 5.51. The van der Waals surface area contributed by atoms with Crippen LogP contribution in [-0.2, 0) is 6.54 Å². The Morgan fingerprint density at radius 1 is 1.18 bits per heavy atom. The molecule has 1 aromatic heterocycles. The molecule has 1 fully saturated rings. The van der Waals surface area contributed by atoms with E-state index >= 15 is 4.39 Å². The fourth-order valence-corrected chi connectivity index (χ4v) is 3.70. The number of halogens is 1. The lowest BCUT2D eigenvalue weighted by Crippen LogP contribution is -2.47. The van der Waals surface area contributed by atoms with Gasteiger partial charge in [0.2, 0.25) is 0 Å². The van der Waals surface area contributed by atoms with E-state index in [0.717, 1.165) is 17.1 Å². The Bertz CT molecular complexity index is 1140. The SMILES string of the molecule is COc1ccc(/C=N/N2CCCN(c3ccc(-n4ccnc4CN(C)C)cc3F)C2=O)cc1. The molecule has 1 saturated heterocycles. The van der Waals surface area contributed by atoms with E-state index in [0.29, 0.717) is 31.7 Å². The van der Waals surface area contributed by atoms with E-state index in [1.807, 2.05) is 47.8 Å². The van der Waals surface area contributed by atoms with Crippen molar-refractivity contribution in [2.45, 2.75) is 13.0 Å². The molecule has 1 aliphatic rings. The summed E-state index contributed by atoms with van der Waals surface area (Å²) >= 11 is 0. The molecule has 0 aliphatic carbocycles. The summed E-state index contributed by atoms with van der Waals surface area (Å²) < 4.78 is 22.1. The van der Waals surface area contributed by atoms with Crippen molar-refractivity contribution in [3.63, 3.8) is 0 Å². The lowest BCUT2D eigenvalue weighted by atomic mass is 10.2. The van der Waals surface area contributed by atoms with Gasteiger partial charge < -0.3 is 14.2 Å². The molecule has 1 aliphatic heterocycles. The van der Waals surface area contributed by atoms with E-state index in [2.05, 4.69) is 10.1 Å². The maximum absolute atomic E-state index is 15.1. The van der Waals surface area contributed by atoms with Crippen molar-refractivity contribution in [1.82, 2.24) is 19.5 Å². The van der Waals surface area contributed by atoms with Gasteiger partial charge in [-0.15, -0.1) is 0 Å². The Hall–Kier alpha value is -3.72. The summed E-state index contributed by atoms with van der Waals surface area (Å²) in [5.41, 5.74) is 1.73. The van der Waals surface area contributed by atoms with Crippen molar-refractivity contribution in [3.05, 3.63) is 72.1 Å². The molecule has 0 N–H and O–H groups in total. The number of hydrogen-bond acceptors (Lipinski definition) is 5. The second kappa shape index (κ2) is 9.83. The quantitative estimate of drug-likeness (QED) is 0.515. The molecular weight excluding hydrogens is 423 g/mol. The number of amides is 2. The van der Waals surface area contributed by atoms with Crippen LogP contribution >= 0.6 is 0 Å². The third kappa shape index (κ3) is 5.04. The number of rotatable bonds is 7. The molecular formula is C24H27FN6O2. The highest BCUT2D eigenvalue weighted by molar-refractivity contribution is 5.93. The summed E-state index contributed by atoms with van der Waals surface area (Å²) in [6, 6.07) is 11.9. The molecule has 9 heteroatoms. The van der Waals surface area contributed by atoms with Gasteiger partial charge in [0, 0.05) is 37.2 Å². The minimum absolute atomic E-state index is 0.238. The Morgan fingerprint density at radius 3 is 2.67 bits per heavy atom. The molecule has 4 rings (SSSR count). The predicted molar refractivity (Wildman–Crippen MR) is 126 cm³/mol. The van der Waals surface area contributed by atoms with E-state index in [1.54, 1.807) is 37.9 Å². The lowest BCUT2D eigenvalue weighted by Gasteiger charge is -2.32. The van der Waals surface area contributed by atoms with Gasteiger partial charge in [-0.3, -0.25) is 4.90 Å². The number of carbonyl (C=O) groups is 1. The Labute approximate surface area is 192 Å². The van der Waals surface area contributed by atoms with E-state index in [4.69, 9.17) is 4.74 Å². The predicted octanol–water partition coefficient (Wildman–Crippen LogP) is 3.75. The summed E-state index contributed by atoms with van der Waals surface area (Å²) in [6.45, 7) is 1.54. The van der Waals surface area contributed by atoms with Gasteiger partial charge in [0.05, 0.1) is 25.6 Å². The first kappa shape index (κ1) is 22.5. The molecule has 3 aromatic rings. The van der Waals surface area contributed by atoms with Crippen LogP contribution < -0.4 is 9.64 Å². The first-order chi connectivity index (χ1) is 16.0. The Balaban J connectivity index is 1.52. The zero-order valence-corrected chi connectivity index (χ0v) is 19.0. The van der Waals surface area contributed by atoms with Crippen molar-refractivity contribution in [2.75, 3.05) is 39.2 Å². The topological polar surface area (TPSA) is 66.2 Å². The minimum Gasteiger partial charge on any atom is -0.497 e. The van der Waals surface area contributed by atoms with Gasteiger partial charge in [-0.1, -0.05) is 0 Å². The third-order valence-electron chi connectivity index (χ3n) is 5.34. The molecule has 33 heavy (non-hydrogen) atoms. The van der Waals surface area contributed by atoms with Crippen LogP contribution in [0.3, 0.4) is 0 Å². The van der Waals surface area contributed by atoms with E-state index in [-0.39, 0.29) is 11.7 Å². The number of aromatic nitrogens is 2. The first-order valence-corrected chi connectivity index (χ1v) is 10.7. The van der Waals surface area contributed by atoms with E-state index in [1.165, 1.54) is 16.0 Å². The molecule has 0 unspecified atom stereocenters. The van der Waals surface area contributed by atoms with E-state index in [9.17, 15) is 4.79 Å². The zero-order valence-electron chi connectivity index (χ0n) is 19.0. The number of carbonyl (C=O) groups excluding carboxylic acids is 1. The van der Waals surface area contributed by atoms with Crippen LogP contribution in [0, 0.1) is 5.82 Å². The lowest BCUT2D eigenvalue weighted by molar-refractivity contribution is 0.198. The largest absolute Gasteiger partial charge is 0.497 e. The van der Waals surface area contributed by atoms with E-state index < -0.39 is 5.82 Å². The molecule has 2 heterocycles. The fourth-order valence-electron chi connectivity index (χ4n) is 3.70. The Kier molecular flexibility index (Phi) is 6.69. The van der Waals surface area contributed by atoms with Gasteiger partial charge >= 0.3 is 6.03 Å². The van der Waals surface area contributed by atoms with Gasteiger partial charge in [0.1, 0.15) is 17.4 Å². The summed E-state index contributed by atoms with van der Waals surface area (Å²) in [4.78, 5) is 20.8. The third-order valence-corrected chi connectivity index (χ3v) is 5.34. The summed E-state index contributed by atoms with van der Waals surface area (Å²) in [5, 5.41) is 5.70. The number of urea groups is 1. The number of hydrogen-bond donors (Lipinski definition) is 0. The molecule has 2 amide bonds. The zero-order chi connectivity index (χ0) is 23.4. The number of methoxy groups -OCH3 is 1. The smallest absolute Gasteiger partial charge is 0.344 e. The molecule has 8 nitrogen and oxygen atoms in total. The van der Waals surface area contributed by atoms with Crippen molar-refractivity contribution in [1.29, 1.82) is 0 Å². The number of anilines is 1. The molecule has 0 saturated carbocycles. The van der Waals surface area contributed by atoms with Crippen LogP contribution in [0.5, 0.6) is 5.75 Å².